The molecule has 0 spiro atoms. The summed E-state index contributed by atoms with van der Waals surface area (Å²) in [6, 6.07) is 4.99. The molecule has 2 N–H and O–H groups in total. The fourth-order valence-corrected chi connectivity index (χ4v) is 1.66. The van der Waals surface area contributed by atoms with E-state index in [9.17, 15) is 4.79 Å². The zero-order valence-corrected chi connectivity index (χ0v) is 10.8. The molecule has 0 aliphatic heterocycles. The van der Waals surface area contributed by atoms with Gasteiger partial charge in [-0.3, -0.25) is 4.79 Å². The Balaban J connectivity index is 2.90. The van der Waals surface area contributed by atoms with Crippen molar-refractivity contribution >= 4 is 17.5 Å². The monoisotopic (exact) mass is 256 g/mol. The van der Waals surface area contributed by atoms with Gasteiger partial charge in [-0.1, -0.05) is 11.6 Å². The average molecular weight is 257 g/mol. The molecule has 5 heteroatoms. The second-order valence-electron chi connectivity index (χ2n) is 3.71. The summed E-state index contributed by atoms with van der Waals surface area (Å²) in [7, 11) is 3.26. The summed E-state index contributed by atoms with van der Waals surface area (Å²) in [5, 5.41) is 0.515. The van der Waals surface area contributed by atoms with Crippen LogP contribution in [0.25, 0.3) is 0 Å². The van der Waals surface area contributed by atoms with Gasteiger partial charge in [0.05, 0.1) is 12.7 Å². The Morgan fingerprint density at radius 3 is 2.82 bits per heavy atom. The zero-order valence-electron chi connectivity index (χ0n) is 10.1. The van der Waals surface area contributed by atoms with E-state index in [0.717, 1.165) is 6.42 Å². The standard InChI is InChI=1S/C12H17ClN2O2/c1-15(7-3-6-14)12(16)10-8-9(13)4-5-11(10)17-2/h4-5,8H,3,6-7,14H2,1-2H3. The van der Waals surface area contributed by atoms with Crippen molar-refractivity contribution in [2.24, 2.45) is 5.73 Å². The minimum absolute atomic E-state index is 0.113. The number of nitrogens with two attached hydrogens (primary N) is 1. The van der Waals surface area contributed by atoms with Crippen LogP contribution in [0.15, 0.2) is 18.2 Å². The topological polar surface area (TPSA) is 55.6 Å². The molecule has 1 aromatic rings. The van der Waals surface area contributed by atoms with Gasteiger partial charge in [0.1, 0.15) is 5.75 Å². The SMILES string of the molecule is COc1ccc(Cl)cc1C(=O)N(C)CCCN. The Labute approximate surface area is 106 Å². The molecule has 4 nitrogen and oxygen atoms in total. The Hall–Kier alpha value is -1.26. The summed E-state index contributed by atoms with van der Waals surface area (Å²) in [6.45, 7) is 1.18. The van der Waals surface area contributed by atoms with Crippen LogP contribution in [0.5, 0.6) is 5.75 Å². The number of ether oxygens (including phenoxy) is 1. The number of hydrogen-bond acceptors (Lipinski definition) is 3. The molecule has 0 heterocycles. The van der Waals surface area contributed by atoms with Crippen molar-refractivity contribution in [2.75, 3.05) is 27.2 Å². The average Bonchev–Trinajstić information content (AvgIpc) is 2.34. The number of halogens is 1. The zero-order chi connectivity index (χ0) is 12.8. The van der Waals surface area contributed by atoms with Crippen LogP contribution in [-0.2, 0) is 0 Å². The molecule has 0 aliphatic carbocycles. The van der Waals surface area contributed by atoms with E-state index >= 15 is 0 Å². The number of rotatable bonds is 5. The molecule has 94 valence electrons. The lowest BCUT2D eigenvalue weighted by atomic mass is 10.1. The smallest absolute Gasteiger partial charge is 0.257 e. The first-order valence-electron chi connectivity index (χ1n) is 5.39. The second kappa shape index (κ2) is 6.47. The third kappa shape index (κ3) is 3.61. The predicted octanol–water partition coefficient (Wildman–Crippen LogP) is 1.77. The van der Waals surface area contributed by atoms with Crippen LogP contribution in [0.1, 0.15) is 16.8 Å². The minimum Gasteiger partial charge on any atom is -0.496 e. The van der Waals surface area contributed by atoms with Crippen molar-refractivity contribution < 1.29 is 9.53 Å². The Bertz CT molecular complexity index is 396. The molecular weight excluding hydrogens is 240 g/mol. The number of carbonyl (C=O) groups is 1. The number of amides is 1. The summed E-state index contributed by atoms with van der Waals surface area (Å²) >= 11 is 5.88. The van der Waals surface area contributed by atoms with Crippen LogP contribution in [0.2, 0.25) is 5.02 Å². The van der Waals surface area contributed by atoms with E-state index < -0.39 is 0 Å². The Kier molecular flexibility index (Phi) is 5.25. The number of benzene rings is 1. The number of methoxy groups -OCH3 is 1. The van der Waals surface area contributed by atoms with Crippen molar-refractivity contribution in [1.82, 2.24) is 4.90 Å². The highest BCUT2D eigenvalue weighted by Crippen LogP contribution is 2.23. The third-order valence-corrected chi connectivity index (χ3v) is 2.67. The molecule has 0 saturated carbocycles. The highest BCUT2D eigenvalue weighted by molar-refractivity contribution is 6.31. The number of carbonyl (C=O) groups excluding carboxylic acids is 1. The summed E-state index contributed by atoms with van der Waals surface area (Å²) in [5.41, 5.74) is 5.88. The van der Waals surface area contributed by atoms with Crippen molar-refractivity contribution in [1.29, 1.82) is 0 Å². The third-order valence-electron chi connectivity index (χ3n) is 2.44. The van der Waals surface area contributed by atoms with Crippen molar-refractivity contribution in [3.8, 4) is 5.75 Å². The highest BCUT2D eigenvalue weighted by atomic mass is 35.5. The lowest BCUT2D eigenvalue weighted by Crippen LogP contribution is -2.29. The lowest BCUT2D eigenvalue weighted by molar-refractivity contribution is 0.0791. The van der Waals surface area contributed by atoms with Crippen molar-refractivity contribution in [2.45, 2.75) is 6.42 Å². The highest BCUT2D eigenvalue weighted by Gasteiger charge is 2.16. The van der Waals surface area contributed by atoms with Crippen molar-refractivity contribution in [3.05, 3.63) is 28.8 Å². The summed E-state index contributed by atoms with van der Waals surface area (Å²) in [4.78, 5) is 13.7. The fourth-order valence-electron chi connectivity index (χ4n) is 1.48. The van der Waals surface area contributed by atoms with Gasteiger partial charge < -0.3 is 15.4 Å². The molecule has 1 aromatic carbocycles. The number of hydrogen-bond donors (Lipinski definition) is 1. The molecule has 0 fully saturated rings. The maximum atomic E-state index is 12.1. The summed E-state index contributed by atoms with van der Waals surface area (Å²) < 4.78 is 5.15. The first-order valence-corrected chi connectivity index (χ1v) is 5.77. The lowest BCUT2D eigenvalue weighted by Gasteiger charge is -2.18. The molecule has 1 rings (SSSR count). The van der Waals surface area contributed by atoms with Crippen LogP contribution in [0.4, 0.5) is 0 Å². The molecule has 0 unspecified atom stereocenters. The molecular formula is C12H17ClN2O2. The fraction of sp³-hybridized carbons (Fsp3) is 0.417. The largest absolute Gasteiger partial charge is 0.496 e. The quantitative estimate of drug-likeness (QED) is 0.874. The van der Waals surface area contributed by atoms with E-state index in [2.05, 4.69) is 0 Å². The summed E-state index contributed by atoms with van der Waals surface area (Å²) in [6.07, 6.45) is 0.769. The molecule has 17 heavy (non-hydrogen) atoms. The van der Waals surface area contributed by atoms with Crippen LogP contribution in [0.3, 0.4) is 0 Å². The van der Waals surface area contributed by atoms with Gasteiger partial charge in [0.25, 0.3) is 5.91 Å². The van der Waals surface area contributed by atoms with E-state index in [1.807, 2.05) is 0 Å². The van der Waals surface area contributed by atoms with E-state index in [4.69, 9.17) is 22.1 Å². The van der Waals surface area contributed by atoms with Gasteiger partial charge in [0.2, 0.25) is 0 Å². The van der Waals surface area contributed by atoms with Gasteiger partial charge in [-0.2, -0.15) is 0 Å². The molecule has 0 aliphatic rings. The van der Waals surface area contributed by atoms with Crippen LogP contribution in [0, 0.1) is 0 Å². The van der Waals surface area contributed by atoms with Gasteiger partial charge >= 0.3 is 0 Å². The van der Waals surface area contributed by atoms with E-state index in [1.165, 1.54) is 7.11 Å². The maximum Gasteiger partial charge on any atom is 0.257 e. The maximum absolute atomic E-state index is 12.1. The Morgan fingerprint density at radius 2 is 2.24 bits per heavy atom. The molecule has 1 amide bonds. The van der Waals surface area contributed by atoms with Crippen LogP contribution in [-0.4, -0.2) is 38.1 Å². The molecule has 0 saturated heterocycles. The molecule has 0 atom stereocenters. The molecule has 0 bridgehead atoms. The molecule has 0 radical (unpaired) electrons. The van der Waals surface area contributed by atoms with Gasteiger partial charge in [-0.25, -0.2) is 0 Å². The number of nitrogens with zero attached hydrogens (tertiary/aromatic N) is 1. The van der Waals surface area contributed by atoms with Crippen LogP contribution < -0.4 is 10.5 Å². The normalized spacial score (nSPS) is 10.1. The van der Waals surface area contributed by atoms with E-state index in [-0.39, 0.29) is 5.91 Å². The minimum atomic E-state index is -0.113. The first-order chi connectivity index (χ1) is 8.10. The summed E-state index contributed by atoms with van der Waals surface area (Å²) in [5.74, 6) is 0.414. The first kappa shape index (κ1) is 13.8. The Morgan fingerprint density at radius 1 is 1.53 bits per heavy atom. The van der Waals surface area contributed by atoms with Gasteiger partial charge in [-0.05, 0) is 31.2 Å². The molecule has 0 aromatic heterocycles. The van der Waals surface area contributed by atoms with Gasteiger partial charge in [0.15, 0.2) is 0 Å². The van der Waals surface area contributed by atoms with Gasteiger partial charge in [0, 0.05) is 18.6 Å². The predicted molar refractivity (Wildman–Crippen MR) is 68.6 cm³/mol. The van der Waals surface area contributed by atoms with Crippen LogP contribution >= 0.6 is 11.6 Å². The van der Waals surface area contributed by atoms with E-state index in [1.54, 1.807) is 30.1 Å². The van der Waals surface area contributed by atoms with E-state index in [0.29, 0.717) is 29.4 Å². The van der Waals surface area contributed by atoms with Crippen molar-refractivity contribution in [3.63, 3.8) is 0 Å². The van der Waals surface area contributed by atoms with Gasteiger partial charge in [-0.15, -0.1) is 0 Å². The second-order valence-corrected chi connectivity index (χ2v) is 4.15.